The molecule has 0 spiro atoms. The lowest BCUT2D eigenvalue weighted by molar-refractivity contribution is -0.148. The predicted octanol–water partition coefficient (Wildman–Crippen LogP) is 4.07. The van der Waals surface area contributed by atoms with Gasteiger partial charge in [-0.2, -0.15) is 0 Å². The molecule has 1 aromatic carbocycles. The van der Waals surface area contributed by atoms with Crippen LogP contribution in [0.3, 0.4) is 0 Å². The second-order valence-corrected chi connectivity index (χ2v) is 9.94. The highest BCUT2D eigenvalue weighted by molar-refractivity contribution is 6.30. The van der Waals surface area contributed by atoms with Gasteiger partial charge in [0.25, 0.3) is 5.91 Å². The number of hydrogen-bond acceptors (Lipinski definition) is 4. The summed E-state index contributed by atoms with van der Waals surface area (Å²) >= 11 is 6.42. The van der Waals surface area contributed by atoms with Crippen molar-refractivity contribution in [2.45, 2.75) is 77.7 Å². The fraction of sp³-hybridized carbons (Fsp3) is 0.636. The number of halogens is 1. The minimum absolute atomic E-state index is 0.0752. The summed E-state index contributed by atoms with van der Waals surface area (Å²) in [6, 6.07) is 3.76. The Morgan fingerprint density at radius 3 is 2.48 bits per heavy atom. The van der Waals surface area contributed by atoms with Crippen molar-refractivity contribution in [3.63, 3.8) is 0 Å². The number of carbonyl (C=O) groups is 2. The van der Waals surface area contributed by atoms with Crippen LogP contribution in [0.15, 0.2) is 12.1 Å². The van der Waals surface area contributed by atoms with E-state index in [4.69, 9.17) is 16.3 Å². The van der Waals surface area contributed by atoms with Gasteiger partial charge in [0, 0.05) is 24.7 Å². The summed E-state index contributed by atoms with van der Waals surface area (Å²) in [5, 5.41) is 10.7. The van der Waals surface area contributed by atoms with E-state index >= 15 is 0 Å². The molecule has 1 atom stereocenters. The van der Waals surface area contributed by atoms with Crippen molar-refractivity contribution in [2.75, 3.05) is 13.1 Å². The molecule has 2 aliphatic rings. The minimum atomic E-state index is -1.40. The number of nitrogens with zero attached hydrogens (tertiary/aromatic N) is 2. The second-order valence-electron chi connectivity index (χ2n) is 9.50. The van der Waals surface area contributed by atoms with Crippen molar-refractivity contribution >= 4 is 23.6 Å². The summed E-state index contributed by atoms with van der Waals surface area (Å²) in [7, 11) is 0. The topological polar surface area (TPSA) is 70.1 Å². The summed E-state index contributed by atoms with van der Waals surface area (Å²) in [6.45, 7) is 10.2. The first-order valence-corrected chi connectivity index (χ1v) is 10.6. The van der Waals surface area contributed by atoms with Crippen molar-refractivity contribution in [1.29, 1.82) is 0 Å². The summed E-state index contributed by atoms with van der Waals surface area (Å²) in [5.74, 6) is -0.291. The van der Waals surface area contributed by atoms with Gasteiger partial charge in [0.2, 0.25) is 0 Å². The largest absolute Gasteiger partial charge is 0.444 e. The highest BCUT2D eigenvalue weighted by Gasteiger charge is 2.37. The smallest absolute Gasteiger partial charge is 0.410 e. The van der Waals surface area contributed by atoms with Gasteiger partial charge in [-0.3, -0.25) is 4.79 Å². The lowest BCUT2D eigenvalue weighted by atomic mass is 9.89. The lowest BCUT2D eigenvalue weighted by Crippen LogP contribution is -2.47. The molecule has 7 heteroatoms. The first-order chi connectivity index (χ1) is 13.4. The normalized spacial score (nSPS) is 19.9. The molecule has 1 fully saturated rings. The van der Waals surface area contributed by atoms with Crippen molar-refractivity contribution < 1.29 is 19.4 Å². The first kappa shape index (κ1) is 21.9. The fourth-order valence-corrected chi connectivity index (χ4v) is 4.43. The standard InChI is InChI=1S/C22H31ClN2O4/c1-21(2,3)29-20(27)25-9-6-7-18(25)17-12-15(23)11-14-13-24(10-8-16(14)17)19(26)22(4,5)28/h11-12,18,28H,6-10,13H2,1-5H3. The fourth-order valence-electron chi connectivity index (χ4n) is 4.18. The number of hydrogen-bond donors (Lipinski definition) is 1. The molecule has 0 aliphatic carbocycles. The average molecular weight is 423 g/mol. The molecule has 29 heavy (non-hydrogen) atoms. The van der Waals surface area contributed by atoms with Crippen LogP contribution in [-0.4, -0.2) is 51.2 Å². The van der Waals surface area contributed by atoms with E-state index in [2.05, 4.69) is 0 Å². The third kappa shape index (κ3) is 4.86. The number of fused-ring (bicyclic) bond motifs is 1. The van der Waals surface area contributed by atoms with Crippen molar-refractivity contribution in [3.05, 3.63) is 33.8 Å². The summed E-state index contributed by atoms with van der Waals surface area (Å²) in [5.41, 5.74) is 1.22. The van der Waals surface area contributed by atoms with Crippen LogP contribution in [0.2, 0.25) is 5.02 Å². The Labute approximate surface area is 177 Å². The quantitative estimate of drug-likeness (QED) is 0.779. The maximum atomic E-state index is 12.7. The molecular weight excluding hydrogens is 392 g/mol. The zero-order valence-corrected chi connectivity index (χ0v) is 18.7. The molecule has 1 N–H and O–H groups in total. The van der Waals surface area contributed by atoms with Crippen LogP contribution in [0.25, 0.3) is 0 Å². The van der Waals surface area contributed by atoms with Gasteiger partial charge in [-0.15, -0.1) is 0 Å². The van der Waals surface area contributed by atoms with Crippen molar-refractivity contribution in [3.8, 4) is 0 Å². The third-order valence-electron chi connectivity index (χ3n) is 5.38. The van der Waals surface area contributed by atoms with Gasteiger partial charge in [-0.05, 0) is 82.7 Å². The van der Waals surface area contributed by atoms with Crippen LogP contribution < -0.4 is 0 Å². The molecule has 0 aromatic heterocycles. The molecule has 0 bridgehead atoms. The molecular formula is C22H31ClN2O4. The van der Waals surface area contributed by atoms with E-state index in [0.29, 0.717) is 31.1 Å². The number of amides is 2. The summed E-state index contributed by atoms with van der Waals surface area (Å²) < 4.78 is 5.61. The van der Waals surface area contributed by atoms with Crippen molar-refractivity contribution in [1.82, 2.24) is 9.80 Å². The van der Waals surface area contributed by atoms with E-state index in [0.717, 1.165) is 29.5 Å². The number of rotatable bonds is 2. The molecule has 6 nitrogen and oxygen atoms in total. The Kier molecular flexibility index (Phi) is 5.89. The zero-order valence-electron chi connectivity index (χ0n) is 17.9. The van der Waals surface area contributed by atoms with E-state index < -0.39 is 11.2 Å². The summed E-state index contributed by atoms with van der Waals surface area (Å²) in [6.07, 6.45) is 2.14. The Bertz CT molecular complexity index is 810. The van der Waals surface area contributed by atoms with Gasteiger partial charge in [0.05, 0.1) is 6.04 Å². The van der Waals surface area contributed by atoms with Gasteiger partial charge in [-0.1, -0.05) is 11.6 Å². The number of carbonyl (C=O) groups excluding carboxylic acids is 2. The Morgan fingerprint density at radius 2 is 1.86 bits per heavy atom. The molecule has 3 rings (SSSR count). The number of likely N-dealkylation sites (tertiary alicyclic amines) is 1. The Morgan fingerprint density at radius 1 is 1.17 bits per heavy atom. The van der Waals surface area contributed by atoms with E-state index in [-0.39, 0.29) is 18.0 Å². The summed E-state index contributed by atoms with van der Waals surface area (Å²) in [4.78, 5) is 28.7. The molecule has 1 unspecified atom stereocenters. The van der Waals surface area contributed by atoms with Crippen LogP contribution >= 0.6 is 11.6 Å². The van der Waals surface area contributed by atoms with Gasteiger partial charge in [0.15, 0.2) is 0 Å². The molecule has 0 radical (unpaired) electrons. The van der Waals surface area contributed by atoms with Gasteiger partial charge < -0.3 is 19.6 Å². The Hall–Kier alpha value is -1.79. The minimum Gasteiger partial charge on any atom is -0.444 e. The maximum Gasteiger partial charge on any atom is 0.410 e. The highest BCUT2D eigenvalue weighted by Crippen LogP contribution is 2.39. The van der Waals surface area contributed by atoms with E-state index in [9.17, 15) is 14.7 Å². The highest BCUT2D eigenvalue weighted by atomic mass is 35.5. The van der Waals surface area contributed by atoms with Crippen LogP contribution in [-0.2, 0) is 22.5 Å². The van der Waals surface area contributed by atoms with Gasteiger partial charge >= 0.3 is 6.09 Å². The van der Waals surface area contributed by atoms with Gasteiger partial charge in [-0.25, -0.2) is 4.79 Å². The monoisotopic (exact) mass is 422 g/mol. The zero-order chi connectivity index (χ0) is 21.6. The molecule has 2 heterocycles. The molecule has 0 saturated carbocycles. The number of aliphatic hydroxyl groups is 1. The van der Waals surface area contributed by atoms with E-state index in [1.165, 1.54) is 13.8 Å². The van der Waals surface area contributed by atoms with E-state index in [1.54, 1.807) is 9.80 Å². The van der Waals surface area contributed by atoms with E-state index in [1.807, 2.05) is 32.9 Å². The molecule has 2 amide bonds. The van der Waals surface area contributed by atoms with Crippen molar-refractivity contribution in [2.24, 2.45) is 0 Å². The van der Waals surface area contributed by atoms with Crippen LogP contribution in [0.1, 0.15) is 70.2 Å². The lowest BCUT2D eigenvalue weighted by Gasteiger charge is -2.36. The number of benzene rings is 1. The third-order valence-corrected chi connectivity index (χ3v) is 5.60. The van der Waals surface area contributed by atoms with Crippen LogP contribution in [0.5, 0.6) is 0 Å². The predicted molar refractivity (Wildman–Crippen MR) is 112 cm³/mol. The second kappa shape index (κ2) is 7.80. The SMILES string of the molecule is CC(C)(C)OC(=O)N1CCCC1c1cc(Cl)cc2c1CCN(C(=O)C(C)(C)O)C2. The number of ether oxygens (including phenoxy) is 1. The van der Waals surface area contributed by atoms with Crippen LogP contribution in [0.4, 0.5) is 4.79 Å². The Balaban J connectivity index is 1.89. The molecule has 160 valence electrons. The average Bonchev–Trinajstić information content (AvgIpc) is 3.07. The molecule has 1 aromatic rings. The first-order valence-electron chi connectivity index (χ1n) is 10.2. The maximum absolute atomic E-state index is 12.7. The van der Waals surface area contributed by atoms with Gasteiger partial charge in [0.1, 0.15) is 11.2 Å². The van der Waals surface area contributed by atoms with Crippen LogP contribution in [0, 0.1) is 0 Å². The molecule has 1 saturated heterocycles. The molecule has 2 aliphatic heterocycles.